The van der Waals surface area contributed by atoms with Crippen molar-refractivity contribution in [1.82, 2.24) is 5.32 Å². The zero-order valence-corrected chi connectivity index (χ0v) is 12.9. The topological polar surface area (TPSA) is 32.3 Å². The Morgan fingerprint density at radius 1 is 1.26 bits per heavy atom. The summed E-state index contributed by atoms with van der Waals surface area (Å²) in [6.45, 7) is 6.04. The number of benzene rings is 1. The third-order valence-corrected chi connectivity index (χ3v) is 3.69. The van der Waals surface area contributed by atoms with E-state index in [0.717, 1.165) is 6.42 Å². The van der Waals surface area contributed by atoms with Crippen molar-refractivity contribution < 1.29 is 9.50 Å². The number of nitrogens with one attached hydrogen (secondary N) is 1. The zero-order chi connectivity index (χ0) is 14.6. The van der Waals surface area contributed by atoms with Gasteiger partial charge >= 0.3 is 0 Å². The molecule has 2 nitrogen and oxygen atoms in total. The molecule has 1 rings (SSSR count). The number of hydrogen-bond donors (Lipinski definition) is 2. The predicted octanol–water partition coefficient (Wildman–Crippen LogP) is 4.19. The maximum Gasteiger partial charge on any atom is 0.142 e. The van der Waals surface area contributed by atoms with Crippen LogP contribution in [0.3, 0.4) is 0 Å². The van der Waals surface area contributed by atoms with Crippen molar-refractivity contribution in [2.24, 2.45) is 5.92 Å². The van der Waals surface area contributed by atoms with E-state index in [1.807, 2.05) is 6.92 Å². The van der Waals surface area contributed by atoms with Gasteiger partial charge in [0.2, 0.25) is 0 Å². The van der Waals surface area contributed by atoms with E-state index in [1.54, 1.807) is 0 Å². The molecule has 19 heavy (non-hydrogen) atoms. The van der Waals surface area contributed by atoms with Crippen LogP contribution in [-0.2, 0) is 0 Å². The Morgan fingerprint density at radius 2 is 1.89 bits per heavy atom. The molecule has 0 aliphatic rings. The molecule has 1 aromatic carbocycles. The van der Waals surface area contributed by atoms with Gasteiger partial charge in [0.15, 0.2) is 0 Å². The molecule has 0 bridgehead atoms. The summed E-state index contributed by atoms with van der Waals surface area (Å²) >= 11 is 12.0. The van der Waals surface area contributed by atoms with E-state index in [9.17, 15) is 9.50 Å². The van der Waals surface area contributed by atoms with Crippen molar-refractivity contribution in [2.45, 2.75) is 39.3 Å². The van der Waals surface area contributed by atoms with E-state index < -0.39 is 5.82 Å². The van der Waals surface area contributed by atoms with Crippen molar-refractivity contribution in [3.05, 3.63) is 33.6 Å². The summed E-state index contributed by atoms with van der Waals surface area (Å²) in [7, 11) is 0. The molecule has 0 aromatic heterocycles. The molecule has 1 aromatic rings. The second-order valence-electron chi connectivity index (χ2n) is 5.15. The predicted molar refractivity (Wildman–Crippen MR) is 78.3 cm³/mol. The Labute approximate surface area is 123 Å². The van der Waals surface area contributed by atoms with Gasteiger partial charge in [-0.1, -0.05) is 37.0 Å². The van der Waals surface area contributed by atoms with Crippen LogP contribution in [0, 0.1) is 11.7 Å². The lowest BCUT2D eigenvalue weighted by Crippen LogP contribution is -2.36. The van der Waals surface area contributed by atoms with Gasteiger partial charge in [0.25, 0.3) is 0 Å². The standard InChI is InChI=1S/C14H20Cl2FNO/c1-8(2)6-10(7-19)18-9(3)13-11(15)4-5-12(17)14(13)16/h4-5,8-10,18-19H,6-7H2,1-3H3. The van der Waals surface area contributed by atoms with Gasteiger partial charge in [-0.2, -0.15) is 0 Å². The highest BCUT2D eigenvalue weighted by molar-refractivity contribution is 6.36. The molecule has 5 heteroatoms. The molecule has 0 aliphatic heterocycles. The lowest BCUT2D eigenvalue weighted by molar-refractivity contribution is 0.215. The maximum atomic E-state index is 13.5. The SMILES string of the molecule is CC(C)CC(CO)NC(C)c1c(Cl)ccc(F)c1Cl. The smallest absolute Gasteiger partial charge is 0.142 e. The molecule has 2 N–H and O–H groups in total. The molecule has 0 radical (unpaired) electrons. The van der Waals surface area contributed by atoms with Crippen molar-refractivity contribution >= 4 is 23.2 Å². The first-order chi connectivity index (χ1) is 8.86. The summed E-state index contributed by atoms with van der Waals surface area (Å²) in [6, 6.07) is 2.45. The van der Waals surface area contributed by atoms with E-state index in [4.69, 9.17) is 23.2 Å². The normalized spacial score (nSPS) is 14.7. The molecule has 0 saturated carbocycles. The van der Waals surface area contributed by atoms with Gasteiger partial charge in [-0.3, -0.25) is 0 Å². The Morgan fingerprint density at radius 3 is 2.42 bits per heavy atom. The van der Waals surface area contributed by atoms with Gasteiger partial charge in [0.1, 0.15) is 5.82 Å². The Hall–Kier alpha value is -0.350. The quantitative estimate of drug-likeness (QED) is 0.772. The summed E-state index contributed by atoms with van der Waals surface area (Å²) in [4.78, 5) is 0. The van der Waals surface area contributed by atoms with E-state index in [2.05, 4.69) is 19.2 Å². The van der Waals surface area contributed by atoms with E-state index >= 15 is 0 Å². The zero-order valence-electron chi connectivity index (χ0n) is 11.4. The fourth-order valence-corrected chi connectivity index (χ4v) is 2.84. The Balaban J connectivity index is 2.88. The largest absolute Gasteiger partial charge is 0.395 e. The van der Waals surface area contributed by atoms with E-state index in [1.165, 1.54) is 12.1 Å². The minimum Gasteiger partial charge on any atom is -0.395 e. The van der Waals surface area contributed by atoms with Crippen LogP contribution >= 0.6 is 23.2 Å². The third-order valence-electron chi connectivity index (χ3n) is 2.97. The number of aliphatic hydroxyl groups is 1. The highest BCUT2D eigenvalue weighted by atomic mass is 35.5. The molecule has 0 saturated heterocycles. The molecular weight excluding hydrogens is 288 g/mol. The van der Waals surface area contributed by atoms with Crippen molar-refractivity contribution in [3.63, 3.8) is 0 Å². The molecular formula is C14H20Cl2FNO. The van der Waals surface area contributed by atoms with Crippen LogP contribution in [0.1, 0.15) is 38.8 Å². The molecule has 0 spiro atoms. The van der Waals surface area contributed by atoms with Crippen molar-refractivity contribution in [2.75, 3.05) is 6.61 Å². The first kappa shape index (κ1) is 16.7. The lowest BCUT2D eigenvalue weighted by atomic mass is 10.0. The van der Waals surface area contributed by atoms with Crippen LogP contribution in [0.4, 0.5) is 4.39 Å². The number of halogens is 3. The van der Waals surface area contributed by atoms with Gasteiger partial charge in [-0.25, -0.2) is 4.39 Å². The van der Waals surface area contributed by atoms with E-state index in [0.29, 0.717) is 16.5 Å². The van der Waals surface area contributed by atoms with Crippen molar-refractivity contribution in [1.29, 1.82) is 0 Å². The van der Waals surface area contributed by atoms with E-state index in [-0.39, 0.29) is 23.7 Å². The van der Waals surface area contributed by atoms with Crippen LogP contribution < -0.4 is 5.32 Å². The first-order valence-corrected chi connectivity index (χ1v) is 7.12. The Bertz CT molecular complexity index is 426. The molecule has 0 aliphatic carbocycles. The molecule has 0 heterocycles. The van der Waals surface area contributed by atoms with Gasteiger partial charge in [-0.15, -0.1) is 0 Å². The van der Waals surface area contributed by atoms with Crippen LogP contribution in [0.25, 0.3) is 0 Å². The van der Waals surface area contributed by atoms with Gasteiger partial charge in [0, 0.05) is 22.7 Å². The van der Waals surface area contributed by atoms with Gasteiger partial charge < -0.3 is 10.4 Å². The summed E-state index contributed by atoms with van der Waals surface area (Å²) in [5, 5.41) is 13.1. The molecule has 108 valence electrons. The fraction of sp³-hybridized carbons (Fsp3) is 0.571. The average molecular weight is 308 g/mol. The first-order valence-electron chi connectivity index (χ1n) is 6.37. The van der Waals surface area contributed by atoms with Crippen LogP contribution in [0.2, 0.25) is 10.0 Å². The van der Waals surface area contributed by atoms with Gasteiger partial charge in [-0.05, 0) is 31.4 Å². The Kier molecular flexibility index (Phi) is 6.54. The monoisotopic (exact) mass is 307 g/mol. The summed E-state index contributed by atoms with van der Waals surface area (Å²) in [5.41, 5.74) is 0.533. The van der Waals surface area contributed by atoms with Crippen LogP contribution in [0.15, 0.2) is 12.1 Å². The number of rotatable bonds is 6. The third kappa shape index (κ3) is 4.60. The minimum absolute atomic E-state index is 0.0209. The second kappa shape index (κ2) is 7.44. The number of hydrogen-bond acceptors (Lipinski definition) is 2. The van der Waals surface area contributed by atoms with Gasteiger partial charge in [0.05, 0.1) is 11.6 Å². The number of aliphatic hydroxyl groups excluding tert-OH is 1. The minimum atomic E-state index is -0.487. The molecule has 0 amide bonds. The second-order valence-corrected chi connectivity index (χ2v) is 5.94. The lowest BCUT2D eigenvalue weighted by Gasteiger charge is -2.24. The van der Waals surface area contributed by atoms with Crippen molar-refractivity contribution in [3.8, 4) is 0 Å². The summed E-state index contributed by atoms with van der Waals surface area (Å²) in [5.74, 6) is -0.0329. The average Bonchev–Trinajstić information content (AvgIpc) is 2.33. The molecule has 2 atom stereocenters. The van der Waals surface area contributed by atoms with Crippen LogP contribution in [-0.4, -0.2) is 17.8 Å². The summed E-state index contributed by atoms with van der Waals surface area (Å²) in [6.07, 6.45) is 0.825. The molecule has 0 fully saturated rings. The fourth-order valence-electron chi connectivity index (χ4n) is 2.14. The highest BCUT2D eigenvalue weighted by Gasteiger charge is 2.20. The maximum absolute atomic E-state index is 13.5. The highest BCUT2D eigenvalue weighted by Crippen LogP contribution is 2.32. The summed E-state index contributed by atoms with van der Waals surface area (Å²) < 4.78 is 13.5. The van der Waals surface area contributed by atoms with Crippen LogP contribution in [0.5, 0.6) is 0 Å². The molecule has 2 unspecified atom stereocenters.